The number of aryl methyl sites for hydroxylation is 1. The number of anilines is 1. The van der Waals surface area contributed by atoms with Crippen molar-refractivity contribution in [3.05, 3.63) is 10.6 Å². The molecular weight excluding hydrogens is 278 g/mol. The van der Waals surface area contributed by atoms with Crippen LogP contribution in [0, 0.1) is 0 Å². The Morgan fingerprint density at radius 1 is 1.33 bits per heavy atom. The van der Waals surface area contributed by atoms with Crippen LogP contribution in [0.25, 0.3) is 0 Å². The normalized spacial score (nSPS) is 20.0. The van der Waals surface area contributed by atoms with Crippen molar-refractivity contribution < 1.29 is 0 Å². The zero-order valence-electron chi connectivity index (χ0n) is 14.3. The van der Waals surface area contributed by atoms with Gasteiger partial charge in [0.2, 0.25) is 0 Å². The van der Waals surface area contributed by atoms with Crippen LogP contribution in [0.5, 0.6) is 0 Å². The Bertz CT molecular complexity index is 447. The van der Waals surface area contributed by atoms with E-state index in [1.54, 1.807) is 0 Å². The first-order valence-corrected chi connectivity index (χ1v) is 9.22. The molecule has 4 heteroatoms. The summed E-state index contributed by atoms with van der Waals surface area (Å²) in [6.07, 6.45) is 6.24. The predicted octanol–water partition coefficient (Wildman–Crippen LogP) is 4.36. The lowest BCUT2D eigenvalue weighted by Crippen LogP contribution is -2.37. The quantitative estimate of drug-likeness (QED) is 0.876. The highest BCUT2D eigenvalue weighted by molar-refractivity contribution is 7.15. The van der Waals surface area contributed by atoms with E-state index in [1.807, 2.05) is 11.3 Å². The second-order valence-corrected chi connectivity index (χ2v) is 8.32. The number of rotatable bonds is 5. The average molecular weight is 310 g/mol. The van der Waals surface area contributed by atoms with E-state index in [2.05, 4.69) is 44.8 Å². The molecule has 1 atom stereocenters. The van der Waals surface area contributed by atoms with Gasteiger partial charge in [-0.2, -0.15) is 0 Å². The van der Waals surface area contributed by atoms with Crippen molar-refractivity contribution in [2.75, 3.05) is 11.4 Å². The van der Waals surface area contributed by atoms with Crippen LogP contribution in [0.4, 0.5) is 5.13 Å². The van der Waals surface area contributed by atoms with Crippen molar-refractivity contribution in [1.82, 2.24) is 10.3 Å². The molecule has 1 aliphatic heterocycles. The minimum absolute atomic E-state index is 0.159. The topological polar surface area (TPSA) is 28.2 Å². The fourth-order valence-corrected chi connectivity index (χ4v) is 3.97. The van der Waals surface area contributed by atoms with Crippen molar-refractivity contribution in [3.63, 3.8) is 0 Å². The van der Waals surface area contributed by atoms with Crippen molar-refractivity contribution in [1.29, 1.82) is 0 Å². The lowest BCUT2D eigenvalue weighted by Gasteiger charge is -2.33. The van der Waals surface area contributed by atoms with Gasteiger partial charge in [-0.05, 0) is 53.4 Å². The molecule has 2 rings (SSSR count). The highest BCUT2D eigenvalue weighted by Crippen LogP contribution is 2.32. The van der Waals surface area contributed by atoms with Crippen molar-refractivity contribution >= 4 is 16.5 Å². The van der Waals surface area contributed by atoms with Gasteiger partial charge in [-0.15, -0.1) is 11.3 Å². The smallest absolute Gasteiger partial charge is 0.186 e. The predicted molar refractivity (Wildman–Crippen MR) is 93.4 cm³/mol. The zero-order chi connectivity index (χ0) is 15.5. The number of hydrogen-bond donors (Lipinski definition) is 1. The van der Waals surface area contributed by atoms with E-state index in [1.165, 1.54) is 47.9 Å². The molecule has 1 fully saturated rings. The molecule has 0 radical (unpaired) electrons. The van der Waals surface area contributed by atoms with E-state index >= 15 is 0 Å². The Morgan fingerprint density at radius 2 is 2.10 bits per heavy atom. The summed E-state index contributed by atoms with van der Waals surface area (Å²) in [6.45, 7) is 13.4. The summed E-state index contributed by atoms with van der Waals surface area (Å²) in [5.74, 6) is 0. The molecule has 0 aromatic carbocycles. The Labute approximate surface area is 134 Å². The second-order valence-electron chi connectivity index (χ2n) is 7.26. The van der Waals surface area contributed by atoms with E-state index in [9.17, 15) is 0 Å². The molecule has 1 aromatic rings. The molecular formula is C17H31N3S. The summed E-state index contributed by atoms with van der Waals surface area (Å²) in [5.41, 5.74) is 1.47. The number of nitrogens with zero attached hydrogens (tertiary/aromatic N) is 2. The highest BCUT2D eigenvalue weighted by atomic mass is 32.1. The lowest BCUT2D eigenvalue weighted by atomic mass is 10.0. The summed E-state index contributed by atoms with van der Waals surface area (Å²) in [4.78, 5) is 8.93. The Kier molecular flexibility index (Phi) is 5.67. The summed E-state index contributed by atoms with van der Waals surface area (Å²) in [7, 11) is 0. The number of nitrogens with one attached hydrogen (secondary N) is 1. The Balaban J connectivity index is 2.15. The molecule has 1 N–H and O–H groups in total. The van der Waals surface area contributed by atoms with Crippen LogP contribution < -0.4 is 10.2 Å². The van der Waals surface area contributed by atoms with Gasteiger partial charge in [-0.3, -0.25) is 0 Å². The number of piperidine rings is 1. The molecule has 1 aliphatic rings. The molecule has 1 saturated heterocycles. The number of thiazole rings is 1. The fraction of sp³-hybridized carbons (Fsp3) is 0.824. The van der Waals surface area contributed by atoms with Gasteiger partial charge in [0.25, 0.3) is 0 Å². The SMILES string of the molecule is CCCc1nc(N2CCCCC2C)sc1CNC(C)(C)C. The van der Waals surface area contributed by atoms with Gasteiger partial charge in [0.05, 0.1) is 5.69 Å². The second kappa shape index (κ2) is 7.10. The minimum atomic E-state index is 0.159. The van der Waals surface area contributed by atoms with E-state index in [-0.39, 0.29) is 5.54 Å². The van der Waals surface area contributed by atoms with Crippen LogP contribution in [-0.4, -0.2) is 23.1 Å². The average Bonchev–Trinajstić information content (AvgIpc) is 2.80. The summed E-state index contributed by atoms with van der Waals surface area (Å²) in [5, 5.41) is 4.86. The molecule has 1 unspecified atom stereocenters. The Hall–Kier alpha value is -0.610. The number of hydrogen-bond acceptors (Lipinski definition) is 4. The Morgan fingerprint density at radius 3 is 2.71 bits per heavy atom. The molecule has 0 amide bonds. The van der Waals surface area contributed by atoms with Crippen LogP contribution in [0.15, 0.2) is 0 Å². The fourth-order valence-electron chi connectivity index (χ4n) is 2.79. The third kappa shape index (κ3) is 4.68. The van der Waals surface area contributed by atoms with Gasteiger partial charge in [0.15, 0.2) is 5.13 Å². The van der Waals surface area contributed by atoms with Gasteiger partial charge in [-0.1, -0.05) is 13.3 Å². The third-order valence-electron chi connectivity index (χ3n) is 4.08. The molecule has 1 aromatic heterocycles. The van der Waals surface area contributed by atoms with E-state index in [0.717, 1.165) is 13.0 Å². The molecule has 0 spiro atoms. The highest BCUT2D eigenvalue weighted by Gasteiger charge is 2.23. The third-order valence-corrected chi connectivity index (χ3v) is 5.22. The van der Waals surface area contributed by atoms with Crippen molar-refractivity contribution in [3.8, 4) is 0 Å². The first-order valence-electron chi connectivity index (χ1n) is 8.41. The summed E-state index contributed by atoms with van der Waals surface area (Å²) in [6, 6.07) is 0.641. The van der Waals surface area contributed by atoms with E-state index < -0.39 is 0 Å². The van der Waals surface area contributed by atoms with E-state index in [4.69, 9.17) is 4.98 Å². The first-order chi connectivity index (χ1) is 9.90. The van der Waals surface area contributed by atoms with Gasteiger partial charge in [-0.25, -0.2) is 4.98 Å². The monoisotopic (exact) mass is 309 g/mol. The molecule has 120 valence electrons. The largest absolute Gasteiger partial charge is 0.345 e. The zero-order valence-corrected chi connectivity index (χ0v) is 15.1. The molecule has 3 nitrogen and oxygen atoms in total. The number of aromatic nitrogens is 1. The van der Waals surface area contributed by atoms with Crippen molar-refractivity contribution in [2.45, 2.75) is 84.8 Å². The molecule has 0 saturated carbocycles. The molecule has 2 heterocycles. The van der Waals surface area contributed by atoms with Gasteiger partial charge >= 0.3 is 0 Å². The van der Waals surface area contributed by atoms with Gasteiger partial charge < -0.3 is 10.2 Å². The van der Waals surface area contributed by atoms with Crippen LogP contribution in [0.3, 0.4) is 0 Å². The van der Waals surface area contributed by atoms with Crippen LogP contribution >= 0.6 is 11.3 Å². The molecule has 0 aliphatic carbocycles. The van der Waals surface area contributed by atoms with Crippen LogP contribution in [-0.2, 0) is 13.0 Å². The van der Waals surface area contributed by atoms with Crippen LogP contribution in [0.2, 0.25) is 0 Å². The maximum atomic E-state index is 4.98. The molecule has 0 bridgehead atoms. The standard InChI is InChI=1S/C17H31N3S/c1-6-9-14-15(12-18-17(3,4)5)21-16(19-14)20-11-8-7-10-13(20)2/h13,18H,6-12H2,1-5H3. The van der Waals surface area contributed by atoms with Gasteiger partial charge in [0.1, 0.15) is 0 Å². The molecule has 21 heavy (non-hydrogen) atoms. The van der Waals surface area contributed by atoms with Crippen LogP contribution in [0.1, 0.15) is 70.9 Å². The van der Waals surface area contributed by atoms with E-state index in [0.29, 0.717) is 6.04 Å². The summed E-state index contributed by atoms with van der Waals surface area (Å²) >= 11 is 1.90. The maximum absolute atomic E-state index is 4.98. The van der Waals surface area contributed by atoms with Gasteiger partial charge in [0, 0.05) is 29.5 Å². The van der Waals surface area contributed by atoms with Crippen molar-refractivity contribution in [2.24, 2.45) is 0 Å². The summed E-state index contributed by atoms with van der Waals surface area (Å²) < 4.78 is 0. The lowest BCUT2D eigenvalue weighted by molar-refractivity contribution is 0.425. The first kappa shape index (κ1) is 16.8. The minimum Gasteiger partial charge on any atom is -0.345 e. The maximum Gasteiger partial charge on any atom is 0.186 e.